The fourth-order valence-electron chi connectivity index (χ4n) is 2.62. The van der Waals surface area contributed by atoms with E-state index in [1.54, 1.807) is 7.11 Å². The summed E-state index contributed by atoms with van der Waals surface area (Å²) in [7, 11) is 1.57. The molecule has 112 valence electrons. The molecule has 0 bridgehead atoms. The Kier molecular flexibility index (Phi) is 5.52. The summed E-state index contributed by atoms with van der Waals surface area (Å²) in [5.74, 6) is 0.232. The van der Waals surface area contributed by atoms with Crippen LogP contribution in [0.25, 0.3) is 0 Å². The molecule has 1 heterocycles. The van der Waals surface area contributed by atoms with E-state index in [0.29, 0.717) is 18.2 Å². The molecular formula is C14H23N3O3. The van der Waals surface area contributed by atoms with Crippen LogP contribution in [0, 0.1) is 12.8 Å². The molecule has 1 aromatic rings. The highest BCUT2D eigenvalue weighted by Crippen LogP contribution is 2.25. The van der Waals surface area contributed by atoms with Gasteiger partial charge in [-0.2, -0.15) is 0 Å². The van der Waals surface area contributed by atoms with Gasteiger partial charge < -0.3 is 9.47 Å². The van der Waals surface area contributed by atoms with Gasteiger partial charge in [0.25, 0.3) is 0 Å². The molecule has 1 fully saturated rings. The van der Waals surface area contributed by atoms with Gasteiger partial charge in [-0.1, -0.05) is 24.5 Å². The summed E-state index contributed by atoms with van der Waals surface area (Å²) in [4.78, 5) is 11.9. The van der Waals surface area contributed by atoms with E-state index in [2.05, 4.69) is 10.3 Å². The van der Waals surface area contributed by atoms with E-state index in [0.717, 1.165) is 12.2 Å². The first kappa shape index (κ1) is 15.0. The topological polar surface area (TPSA) is 66.2 Å². The highest BCUT2D eigenvalue weighted by molar-refractivity contribution is 5.88. The minimum absolute atomic E-state index is 0.240. The molecule has 0 atom stereocenters. The van der Waals surface area contributed by atoms with Crippen LogP contribution in [0.4, 0.5) is 0 Å². The Morgan fingerprint density at radius 3 is 2.75 bits per heavy atom. The molecule has 20 heavy (non-hydrogen) atoms. The third-order valence-corrected chi connectivity index (χ3v) is 3.85. The van der Waals surface area contributed by atoms with Crippen molar-refractivity contribution in [2.75, 3.05) is 20.3 Å². The molecule has 0 aromatic carbocycles. The molecule has 0 radical (unpaired) electrons. The maximum absolute atomic E-state index is 11.9. The lowest BCUT2D eigenvalue weighted by atomic mass is 9.89. The second-order valence-corrected chi connectivity index (χ2v) is 5.34. The number of carbonyl (C=O) groups excluding carboxylic acids is 1. The molecular weight excluding hydrogens is 258 g/mol. The number of ether oxygens (including phenoxy) is 2. The maximum Gasteiger partial charge on any atom is 0.360 e. The second-order valence-electron chi connectivity index (χ2n) is 5.34. The van der Waals surface area contributed by atoms with E-state index in [9.17, 15) is 4.79 Å². The van der Waals surface area contributed by atoms with Gasteiger partial charge in [0.05, 0.1) is 12.3 Å². The minimum Gasteiger partial charge on any atom is -0.458 e. The predicted molar refractivity (Wildman–Crippen MR) is 73.5 cm³/mol. The summed E-state index contributed by atoms with van der Waals surface area (Å²) in [5, 5.41) is 8.05. The van der Waals surface area contributed by atoms with E-state index in [4.69, 9.17) is 9.47 Å². The van der Waals surface area contributed by atoms with Crippen LogP contribution < -0.4 is 0 Å². The molecule has 6 heteroatoms. The largest absolute Gasteiger partial charge is 0.458 e. The molecule has 0 amide bonds. The maximum atomic E-state index is 11.9. The number of carbonyl (C=O) groups is 1. The highest BCUT2D eigenvalue weighted by atomic mass is 16.6. The zero-order chi connectivity index (χ0) is 14.4. The quantitative estimate of drug-likeness (QED) is 0.589. The lowest BCUT2D eigenvalue weighted by Gasteiger charge is -2.21. The Hall–Kier alpha value is -1.43. The number of hydrogen-bond donors (Lipinski definition) is 0. The Bertz CT molecular complexity index is 439. The molecule has 0 N–H and O–H groups in total. The third-order valence-electron chi connectivity index (χ3n) is 3.85. The van der Waals surface area contributed by atoms with Gasteiger partial charge in [-0.05, 0) is 25.7 Å². The van der Waals surface area contributed by atoms with Crippen molar-refractivity contribution >= 4 is 5.97 Å². The summed E-state index contributed by atoms with van der Waals surface area (Å²) in [6.07, 6.45) is 6.42. The number of rotatable bonds is 6. The predicted octanol–water partition coefficient (Wildman–Crippen LogP) is 1.97. The number of esters is 1. The fourth-order valence-corrected chi connectivity index (χ4v) is 2.62. The van der Waals surface area contributed by atoms with Crippen LogP contribution >= 0.6 is 0 Å². The SMILES string of the molecule is COCCOC(=O)c1nnn(CC2CCCCC2)c1C. The van der Waals surface area contributed by atoms with E-state index in [1.165, 1.54) is 32.1 Å². The van der Waals surface area contributed by atoms with Crippen molar-refractivity contribution in [3.63, 3.8) is 0 Å². The van der Waals surface area contributed by atoms with Gasteiger partial charge in [0.2, 0.25) is 0 Å². The zero-order valence-electron chi connectivity index (χ0n) is 12.3. The zero-order valence-corrected chi connectivity index (χ0v) is 12.3. The molecule has 1 aliphatic rings. The summed E-state index contributed by atoms with van der Waals surface area (Å²) >= 11 is 0. The van der Waals surface area contributed by atoms with Crippen LogP contribution in [0.3, 0.4) is 0 Å². The summed E-state index contributed by atoms with van der Waals surface area (Å²) in [6.45, 7) is 3.35. The van der Waals surface area contributed by atoms with Gasteiger partial charge in [-0.3, -0.25) is 0 Å². The molecule has 0 saturated heterocycles. The van der Waals surface area contributed by atoms with Crippen molar-refractivity contribution in [1.82, 2.24) is 15.0 Å². The first-order valence-electron chi connectivity index (χ1n) is 7.28. The monoisotopic (exact) mass is 281 g/mol. The van der Waals surface area contributed by atoms with Gasteiger partial charge in [-0.25, -0.2) is 9.48 Å². The number of hydrogen-bond acceptors (Lipinski definition) is 5. The Balaban J connectivity index is 1.93. The van der Waals surface area contributed by atoms with E-state index in [1.807, 2.05) is 11.6 Å². The minimum atomic E-state index is -0.422. The Morgan fingerprint density at radius 2 is 2.05 bits per heavy atom. The molecule has 1 saturated carbocycles. The van der Waals surface area contributed by atoms with Crippen molar-refractivity contribution < 1.29 is 14.3 Å². The number of methoxy groups -OCH3 is 1. The van der Waals surface area contributed by atoms with Crippen LogP contribution in [-0.4, -0.2) is 41.3 Å². The van der Waals surface area contributed by atoms with Crippen molar-refractivity contribution in [2.24, 2.45) is 5.92 Å². The van der Waals surface area contributed by atoms with Crippen molar-refractivity contribution in [3.05, 3.63) is 11.4 Å². The van der Waals surface area contributed by atoms with Gasteiger partial charge in [0, 0.05) is 13.7 Å². The second kappa shape index (κ2) is 7.38. The van der Waals surface area contributed by atoms with Gasteiger partial charge in [0.1, 0.15) is 6.61 Å². The van der Waals surface area contributed by atoms with Gasteiger partial charge >= 0.3 is 5.97 Å². The molecule has 0 spiro atoms. The normalized spacial score (nSPS) is 16.3. The molecule has 0 aliphatic heterocycles. The van der Waals surface area contributed by atoms with Crippen LogP contribution in [0.5, 0.6) is 0 Å². The van der Waals surface area contributed by atoms with Crippen molar-refractivity contribution in [3.8, 4) is 0 Å². The van der Waals surface area contributed by atoms with Crippen molar-refractivity contribution in [2.45, 2.75) is 45.6 Å². The van der Waals surface area contributed by atoms with E-state index in [-0.39, 0.29) is 6.61 Å². The van der Waals surface area contributed by atoms with Gasteiger partial charge in [-0.15, -0.1) is 5.10 Å². The molecule has 2 rings (SSSR count). The van der Waals surface area contributed by atoms with Crippen LogP contribution in [-0.2, 0) is 16.0 Å². The van der Waals surface area contributed by atoms with E-state index >= 15 is 0 Å². The number of nitrogens with zero attached hydrogens (tertiary/aromatic N) is 3. The number of aromatic nitrogens is 3. The van der Waals surface area contributed by atoms with Crippen LogP contribution in [0.15, 0.2) is 0 Å². The first-order valence-corrected chi connectivity index (χ1v) is 7.28. The molecule has 1 aliphatic carbocycles. The average Bonchev–Trinajstić information content (AvgIpc) is 2.82. The van der Waals surface area contributed by atoms with Gasteiger partial charge in [0.15, 0.2) is 5.69 Å². The summed E-state index contributed by atoms with van der Waals surface area (Å²) < 4.78 is 11.8. The Morgan fingerprint density at radius 1 is 1.30 bits per heavy atom. The fraction of sp³-hybridized carbons (Fsp3) is 0.786. The average molecular weight is 281 g/mol. The Labute approximate surface area is 119 Å². The summed E-state index contributed by atoms with van der Waals surface area (Å²) in [5.41, 5.74) is 1.11. The molecule has 0 unspecified atom stereocenters. The first-order chi connectivity index (χ1) is 9.72. The smallest absolute Gasteiger partial charge is 0.360 e. The van der Waals surface area contributed by atoms with Crippen molar-refractivity contribution in [1.29, 1.82) is 0 Å². The highest BCUT2D eigenvalue weighted by Gasteiger charge is 2.20. The van der Waals surface area contributed by atoms with Crippen LogP contribution in [0.1, 0.15) is 48.3 Å². The molecule has 6 nitrogen and oxygen atoms in total. The van der Waals surface area contributed by atoms with Crippen LogP contribution in [0.2, 0.25) is 0 Å². The lowest BCUT2D eigenvalue weighted by molar-refractivity contribution is 0.0380. The summed E-state index contributed by atoms with van der Waals surface area (Å²) in [6, 6.07) is 0. The standard InChI is InChI=1S/C14H23N3O3/c1-11-13(14(18)20-9-8-19-2)15-16-17(11)10-12-6-4-3-5-7-12/h12H,3-10H2,1-2H3. The molecule has 1 aromatic heterocycles. The lowest BCUT2D eigenvalue weighted by Crippen LogP contribution is -2.16. The third kappa shape index (κ3) is 3.79. The van der Waals surface area contributed by atoms with E-state index < -0.39 is 5.97 Å².